The quantitative estimate of drug-likeness (QED) is 0.773. The minimum Gasteiger partial charge on any atom is -0.507 e. The SMILES string of the molecule is CC(=O)c1cc(Br)c2c(c1O)CCN(C(O)C(F)(F)F)CC2. The predicted molar refractivity (Wildman–Crippen MR) is 76.9 cm³/mol. The van der Waals surface area contributed by atoms with E-state index in [1.165, 1.54) is 13.0 Å². The van der Waals surface area contributed by atoms with Crippen LogP contribution in [0.2, 0.25) is 0 Å². The number of halogens is 4. The van der Waals surface area contributed by atoms with Crippen LogP contribution in [0.15, 0.2) is 10.5 Å². The van der Waals surface area contributed by atoms with Crippen molar-refractivity contribution in [3.8, 4) is 5.75 Å². The van der Waals surface area contributed by atoms with E-state index >= 15 is 0 Å². The highest BCUT2D eigenvalue weighted by atomic mass is 79.9. The van der Waals surface area contributed by atoms with E-state index in [2.05, 4.69) is 15.9 Å². The zero-order valence-electron chi connectivity index (χ0n) is 11.7. The molecule has 1 unspecified atom stereocenters. The number of carbonyl (C=O) groups excluding carboxylic acids is 1. The maximum atomic E-state index is 12.6. The fourth-order valence-corrected chi connectivity index (χ4v) is 3.28. The average molecular weight is 382 g/mol. The van der Waals surface area contributed by atoms with Crippen molar-refractivity contribution in [2.24, 2.45) is 0 Å². The van der Waals surface area contributed by atoms with Gasteiger partial charge in [0.05, 0.1) is 5.56 Å². The monoisotopic (exact) mass is 381 g/mol. The molecule has 0 saturated carbocycles. The zero-order chi connectivity index (χ0) is 16.7. The largest absolute Gasteiger partial charge is 0.507 e. The van der Waals surface area contributed by atoms with Gasteiger partial charge < -0.3 is 10.2 Å². The fraction of sp³-hybridized carbons (Fsp3) is 0.500. The molecule has 2 rings (SSSR count). The highest BCUT2D eigenvalue weighted by molar-refractivity contribution is 9.10. The minimum absolute atomic E-state index is 0.00509. The molecule has 1 atom stereocenters. The van der Waals surface area contributed by atoms with Gasteiger partial charge in [-0.2, -0.15) is 13.2 Å². The second-order valence-electron chi connectivity index (χ2n) is 5.22. The van der Waals surface area contributed by atoms with Crippen LogP contribution in [0.3, 0.4) is 0 Å². The number of hydrogen-bond donors (Lipinski definition) is 2. The zero-order valence-corrected chi connectivity index (χ0v) is 13.3. The van der Waals surface area contributed by atoms with E-state index in [0.717, 1.165) is 4.90 Å². The number of fused-ring (bicyclic) bond motifs is 1. The van der Waals surface area contributed by atoms with Crippen LogP contribution in [0.5, 0.6) is 5.75 Å². The molecule has 0 aliphatic carbocycles. The Balaban J connectivity index is 2.35. The lowest BCUT2D eigenvalue weighted by atomic mass is 9.97. The summed E-state index contributed by atoms with van der Waals surface area (Å²) in [7, 11) is 0. The molecule has 8 heteroatoms. The Labute approximate surface area is 133 Å². The maximum Gasteiger partial charge on any atom is 0.428 e. The third-order valence-corrected chi connectivity index (χ3v) is 4.49. The normalized spacial score (nSPS) is 17.7. The lowest BCUT2D eigenvalue weighted by Gasteiger charge is -2.27. The number of aliphatic hydroxyl groups excluding tert-OH is 1. The maximum absolute atomic E-state index is 12.6. The molecule has 122 valence electrons. The molecule has 0 aromatic heterocycles. The van der Waals surface area contributed by atoms with Crippen LogP contribution >= 0.6 is 15.9 Å². The van der Waals surface area contributed by atoms with Crippen LogP contribution < -0.4 is 0 Å². The first-order chi connectivity index (χ1) is 10.1. The lowest BCUT2D eigenvalue weighted by molar-refractivity contribution is -0.249. The van der Waals surface area contributed by atoms with Crippen LogP contribution in [0.1, 0.15) is 28.4 Å². The molecule has 22 heavy (non-hydrogen) atoms. The van der Waals surface area contributed by atoms with Gasteiger partial charge in [0.2, 0.25) is 6.23 Å². The van der Waals surface area contributed by atoms with Crippen LogP contribution in [-0.2, 0) is 12.8 Å². The van der Waals surface area contributed by atoms with Crippen LogP contribution in [-0.4, -0.2) is 46.4 Å². The summed E-state index contributed by atoms with van der Waals surface area (Å²) < 4.78 is 38.5. The van der Waals surface area contributed by atoms with Gasteiger partial charge >= 0.3 is 6.18 Å². The van der Waals surface area contributed by atoms with Crippen LogP contribution in [0, 0.1) is 0 Å². The molecule has 0 radical (unpaired) electrons. The summed E-state index contributed by atoms with van der Waals surface area (Å²) in [5, 5.41) is 19.6. The minimum atomic E-state index is -4.72. The summed E-state index contributed by atoms with van der Waals surface area (Å²) in [5.74, 6) is -0.508. The topological polar surface area (TPSA) is 60.8 Å². The number of carbonyl (C=O) groups is 1. The van der Waals surface area contributed by atoms with Crippen molar-refractivity contribution in [1.82, 2.24) is 4.90 Å². The molecule has 1 aliphatic heterocycles. The Morgan fingerprint density at radius 2 is 1.86 bits per heavy atom. The van der Waals surface area contributed by atoms with E-state index in [4.69, 9.17) is 0 Å². The first-order valence-electron chi connectivity index (χ1n) is 6.66. The first kappa shape index (κ1) is 17.2. The highest BCUT2D eigenvalue weighted by Crippen LogP contribution is 2.36. The summed E-state index contributed by atoms with van der Waals surface area (Å²) in [6, 6.07) is 1.48. The third kappa shape index (κ3) is 3.28. The summed E-state index contributed by atoms with van der Waals surface area (Å²) >= 11 is 3.30. The van der Waals surface area contributed by atoms with Crippen molar-refractivity contribution in [3.05, 3.63) is 27.2 Å². The smallest absolute Gasteiger partial charge is 0.428 e. The summed E-state index contributed by atoms with van der Waals surface area (Å²) in [6.45, 7) is 1.25. The van der Waals surface area contributed by atoms with E-state index in [-0.39, 0.29) is 43.0 Å². The Morgan fingerprint density at radius 1 is 1.32 bits per heavy atom. The highest BCUT2D eigenvalue weighted by Gasteiger charge is 2.42. The molecular weight excluding hydrogens is 367 g/mol. The number of hydrogen-bond acceptors (Lipinski definition) is 4. The molecular formula is C14H15BrF3NO3. The molecule has 1 aliphatic rings. The van der Waals surface area contributed by atoms with Gasteiger partial charge in [0.25, 0.3) is 0 Å². The van der Waals surface area contributed by atoms with Crippen LogP contribution in [0.25, 0.3) is 0 Å². The van der Waals surface area contributed by atoms with Gasteiger partial charge in [-0.25, -0.2) is 0 Å². The second kappa shape index (κ2) is 6.17. The molecule has 0 fully saturated rings. The number of alkyl halides is 3. The first-order valence-corrected chi connectivity index (χ1v) is 7.45. The van der Waals surface area contributed by atoms with E-state index < -0.39 is 12.4 Å². The molecule has 1 aromatic rings. The Morgan fingerprint density at radius 3 is 2.36 bits per heavy atom. The Kier molecular flexibility index (Phi) is 4.84. The van der Waals surface area contributed by atoms with E-state index in [1.54, 1.807) is 0 Å². The van der Waals surface area contributed by atoms with Crippen molar-refractivity contribution >= 4 is 21.7 Å². The number of nitrogens with zero attached hydrogens (tertiary/aromatic N) is 1. The Bertz CT molecular complexity index is 604. The van der Waals surface area contributed by atoms with Crippen molar-refractivity contribution < 1.29 is 28.2 Å². The number of aromatic hydroxyl groups is 1. The lowest BCUT2D eigenvalue weighted by Crippen LogP contribution is -2.46. The number of ketones is 1. The number of rotatable bonds is 2. The number of phenolic OH excluding ortho intramolecular Hbond substituents is 1. The second-order valence-corrected chi connectivity index (χ2v) is 6.07. The molecule has 1 heterocycles. The standard InChI is InChI=1S/C14H15BrF3NO3/c1-7(20)10-6-11(15)8-2-4-19(13(22)14(16,17)18)5-3-9(8)12(10)21/h6,13,21-22H,2-5H2,1H3. The molecule has 4 nitrogen and oxygen atoms in total. The fourth-order valence-electron chi connectivity index (χ4n) is 2.61. The van der Waals surface area contributed by atoms with E-state index in [1.807, 2.05) is 0 Å². The molecule has 1 aromatic carbocycles. The Hall–Kier alpha value is -1.12. The van der Waals surface area contributed by atoms with Gasteiger partial charge in [-0.1, -0.05) is 15.9 Å². The summed E-state index contributed by atoms with van der Waals surface area (Å²) in [6.07, 6.45) is -6.90. The van der Waals surface area contributed by atoms with Crippen molar-refractivity contribution in [1.29, 1.82) is 0 Å². The predicted octanol–water partition coefficient (Wildman–Crippen LogP) is 2.64. The van der Waals surface area contributed by atoms with Crippen molar-refractivity contribution in [2.45, 2.75) is 32.2 Å². The third-order valence-electron chi connectivity index (χ3n) is 3.78. The molecule has 0 bridgehead atoms. The van der Waals surface area contributed by atoms with E-state index in [0.29, 0.717) is 15.6 Å². The number of aliphatic hydroxyl groups is 1. The van der Waals surface area contributed by atoms with Crippen molar-refractivity contribution in [3.63, 3.8) is 0 Å². The molecule has 0 amide bonds. The van der Waals surface area contributed by atoms with Gasteiger partial charge in [-0.3, -0.25) is 9.69 Å². The number of benzene rings is 1. The summed E-state index contributed by atoms with van der Waals surface area (Å²) in [5.41, 5.74) is 1.26. The van der Waals surface area contributed by atoms with Crippen LogP contribution in [0.4, 0.5) is 13.2 Å². The number of Topliss-reactive ketones (excluding diaryl/α,β-unsaturated/α-hetero) is 1. The molecule has 0 saturated heterocycles. The molecule has 2 N–H and O–H groups in total. The van der Waals surface area contributed by atoms with Gasteiger partial charge in [0, 0.05) is 23.1 Å². The van der Waals surface area contributed by atoms with Gasteiger partial charge in [0.1, 0.15) is 5.75 Å². The number of phenols is 1. The van der Waals surface area contributed by atoms with E-state index in [9.17, 15) is 28.2 Å². The van der Waals surface area contributed by atoms with Crippen molar-refractivity contribution in [2.75, 3.05) is 13.1 Å². The summed E-state index contributed by atoms with van der Waals surface area (Å²) in [4.78, 5) is 12.4. The van der Waals surface area contributed by atoms with Gasteiger partial charge in [-0.05, 0) is 31.4 Å². The molecule has 0 spiro atoms. The average Bonchev–Trinajstić information content (AvgIpc) is 2.63. The van der Waals surface area contributed by atoms with Gasteiger partial charge in [-0.15, -0.1) is 0 Å². The van der Waals surface area contributed by atoms with Gasteiger partial charge in [0.15, 0.2) is 5.78 Å².